The predicted molar refractivity (Wildman–Crippen MR) is 57.3 cm³/mol. The Balaban J connectivity index is 1.81. The van der Waals surface area contributed by atoms with E-state index in [0.717, 1.165) is 38.5 Å². The third-order valence-electron chi connectivity index (χ3n) is 3.73. The van der Waals surface area contributed by atoms with Crippen LogP contribution in [-0.4, -0.2) is 49.3 Å². The van der Waals surface area contributed by atoms with Crippen LogP contribution in [0.1, 0.15) is 25.7 Å². The van der Waals surface area contributed by atoms with Gasteiger partial charge in [0.05, 0.1) is 6.61 Å². The fourth-order valence-corrected chi connectivity index (χ4v) is 2.13. The number of aliphatic hydroxyl groups excluding tert-OH is 1. The van der Waals surface area contributed by atoms with Gasteiger partial charge in [-0.25, -0.2) is 0 Å². The maximum absolute atomic E-state index is 9.50. The summed E-state index contributed by atoms with van der Waals surface area (Å²) in [5.41, 5.74) is 0.176. The standard InChI is InChI=1S/C11H22N2O/c1-13-6-4-11(9-14,5-7-13)8-12-10-2-3-10/h10,12,14H,2-9H2,1H3. The van der Waals surface area contributed by atoms with Gasteiger partial charge in [0.15, 0.2) is 0 Å². The molecule has 14 heavy (non-hydrogen) atoms. The normalized spacial score (nSPS) is 27.9. The highest BCUT2D eigenvalue weighted by molar-refractivity contribution is 4.90. The van der Waals surface area contributed by atoms with Gasteiger partial charge in [-0.05, 0) is 45.8 Å². The van der Waals surface area contributed by atoms with Gasteiger partial charge < -0.3 is 15.3 Å². The van der Waals surface area contributed by atoms with Gasteiger partial charge in [0.25, 0.3) is 0 Å². The largest absolute Gasteiger partial charge is 0.396 e. The first kappa shape index (κ1) is 10.4. The zero-order valence-electron chi connectivity index (χ0n) is 9.13. The molecule has 2 fully saturated rings. The van der Waals surface area contributed by atoms with Crippen LogP contribution in [0.3, 0.4) is 0 Å². The Labute approximate surface area is 86.5 Å². The minimum Gasteiger partial charge on any atom is -0.396 e. The molecule has 2 aliphatic rings. The van der Waals surface area contributed by atoms with Crippen LogP contribution in [0.2, 0.25) is 0 Å². The molecule has 0 aromatic carbocycles. The van der Waals surface area contributed by atoms with E-state index in [1.54, 1.807) is 0 Å². The topological polar surface area (TPSA) is 35.5 Å². The quantitative estimate of drug-likeness (QED) is 0.688. The number of piperidine rings is 1. The second-order valence-corrected chi connectivity index (χ2v) is 5.12. The third-order valence-corrected chi connectivity index (χ3v) is 3.73. The van der Waals surface area contributed by atoms with E-state index in [1.165, 1.54) is 12.8 Å². The average molecular weight is 198 g/mol. The summed E-state index contributed by atoms with van der Waals surface area (Å²) in [5, 5.41) is 13.1. The van der Waals surface area contributed by atoms with Gasteiger partial charge in [-0.15, -0.1) is 0 Å². The molecule has 1 saturated carbocycles. The molecule has 1 aliphatic carbocycles. The van der Waals surface area contributed by atoms with Crippen molar-refractivity contribution in [3.63, 3.8) is 0 Å². The van der Waals surface area contributed by atoms with E-state index in [-0.39, 0.29) is 5.41 Å². The van der Waals surface area contributed by atoms with E-state index in [9.17, 15) is 5.11 Å². The monoisotopic (exact) mass is 198 g/mol. The van der Waals surface area contributed by atoms with Gasteiger partial charge in [-0.2, -0.15) is 0 Å². The lowest BCUT2D eigenvalue weighted by Crippen LogP contribution is -2.46. The summed E-state index contributed by atoms with van der Waals surface area (Å²) in [6, 6.07) is 0.762. The Hall–Kier alpha value is -0.120. The van der Waals surface area contributed by atoms with E-state index in [0.29, 0.717) is 6.61 Å². The van der Waals surface area contributed by atoms with Crippen molar-refractivity contribution in [2.45, 2.75) is 31.7 Å². The minimum absolute atomic E-state index is 0.176. The highest BCUT2D eigenvalue weighted by Crippen LogP contribution is 2.31. The molecule has 82 valence electrons. The molecule has 2 rings (SSSR count). The molecule has 2 N–H and O–H groups in total. The lowest BCUT2D eigenvalue weighted by atomic mass is 9.79. The molecule has 1 aliphatic heterocycles. The maximum atomic E-state index is 9.50. The molecule has 0 aromatic rings. The summed E-state index contributed by atoms with van der Waals surface area (Å²) < 4.78 is 0. The Kier molecular flexibility index (Phi) is 3.10. The number of nitrogens with one attached hydrogen (secondary N) is 1. The summed E-state index contributed by atoms with van der Waals surface area (Å²) in [6.45, 7) is 3.63. The summed E-state index contributed by atoms with van der Waals surface area (Å²) >= 11 is 0. The Morgan fingerprint density at radius 2 is 2.00 bits per heavy atom. The van der Waals surface area contributed by atoms with Crippen LogP contribution < -0.4 is 5.32 Å². The fourth-order valence-electron chi connectivity index (χ4n) is 2.13. The lowest BCUT2D eigenvalue weighted by Gasteiger charge is -2.39. The molecule has 3 heteroatoms. The second kappa shape index (κ2) is 4.17. The van der Waals surface area contributed by atoms with Crippen molar-refractivity contribution in [3.8, 4) is 0 Å². The summed E-state index contributed by atoms with van der Waals surface area (Å²) in [5.74, 6) is 0. The average Bonchev–Trinajstić information content (AvgIpc) is 3.02. The molecule has 0 aromatic heterocycles. The Bertz CT molecular complexity index is 184. The number of aliphatic hydroxyl groups is 1. The van der Waals surface area contributed by atoms with Gasteiger partial charge in [0.2, 0.25) is 0 Å². The van der Waals surface area contributed by atoms with Crippen LogP contribution in [0.15, 0.2) is 0 Å². The zero-order chi connectivity index (χ0) is 10.0. The van der Waals surface area contributed by atoms with Gasteiger partial charge in [-0.1, -0.05) is 0 Å². The number of hydrogen-bond donors (Lipinski definition) is 2. The molecule has 3 nitrogen and oxygen atoms in total. The van der Waals surface area contributed by atoms with Crippen LogP contribution in [0, 0.1) is 5.41 Å². The summed E-state index contributed by atoms with van der Waals surface area (Å²) in [6.07, 6.45) is 4.95. The van der Waals surface area contributed by atoms with Crippen LogP contribution >= 0.6 is 0 Å². The highest BCUT2D eigenvalue weighted by Gasteiger charge is 2.34. The molecular weight excluding hydrogens is 176 g/mol. The van der Waals surface area contributed by atoms with Crippen LogP contribution in [0.4, 0.5) is 0 Å². The van der Waals surface area contributed by atoms with Crippen LogP contribution in [0.5, 0.6) is 0 Å². The fraction of sp³-hybridized carbons (Fsp3) is 1.00. The highest BCUT2D eigenvalue weighted by atomic mass is 16.3. The van der Waals surface area contributed by atoms with Crippen molar-refractivity contribution >= 4 is 0 Å². The molecule has 1 heterocycles. The van der Waals surface area contributed by atoms with Crippen molar-refractivity contribution < 1.29 is 5.11 Å². The third kappa shape index (κ3) is 2.47. The number of rotatable bonds is 4. The van der Waals surface area contributed by atoms with E-state index in [4.69, 9.17) is 0 Å². The number of likely N-dealkylation sites (tertiary alicyclic amines) is 1. The van der Waals surface area contributed by atoms with Gasteiger partial charge >= 0.3 is 0 Å². The van der Waals surface area contributed by atoms with Crippen LogP contribution in [0.25, 0.3) is 0 Å². The first-order chi connectivity index (χ1) is 6.74. The molecule has 0 unspecified atom stereocenters. The van der Waals surface area contributed by atoms with Crippen molar-refractivity contribution in [2.24, 2.45) is 5.41 Å². The summed E-state index contributed by atoms with van der Waals surface area (Å²) in [4.78, 5) is 2.35. The Morgan fingerprint density at radius 1 is 1.36 bits per heavy atom. The van der Waals surface area contributed by atoms with E-state index in [1.807, 2.05) is 0 Å². The second-order valence-electron chi connectivity index (χ2n) is 5.12. The van der Waals surface area contributed by atoms with E-state index in [2.05, 4.69) is 17.3 Å². The van der Waals surface area contributed by atoms with Crippen molar-refractivity contribution in [1.29, 1.82) is 0 Å². The van der Waals surface area contributed by atoms with Crippen molar-refractivity contribution in [2.75, 3.05) is 33.3 Å². The molecule has 0 spiro atoms. The maximum Gasteiger partial charge on any atom is 0.0500 e. The zero-order valence-corrected chi connectivity index (χ0v) is 9.13. The molecular formula is C11H22N2O. The number of hydrogen-bond acceptors (Lipinski definition) is 3. The SMILES string of the molecule is CN1CCC(CO)(CNC2CC2)CC1. The van der Waals surface area contributed by atoms with Crippen molar-refractivity contribution in [1.82, 2.24) is 10.2 Å². The molecule has 0 atom stereocenters. The Morgan fingerprint density at radius 3 is 2.50 bits per heavy atom. The first-order valence-electron chi connectivity index (χ1n) is 5.77. The van der Waals surface area contributed by atoms with Gasteiger partial charge in [0.1, 0.15) is 0 Å². The molecule has 0 bridgehead atoms. The van der Waals surface area contributed by atoms with Crippen LogP contribution in [-0.2, 0) is 0 Å². The van der Waals surface area contributed by atoms with E-state index < -0.39 is 0 Å². The molecule has 0 amide bonds. The van der Waals surface area contributed by atoms with Crippen molar-refractivity contribution in [3.05, 3.63) is 0 Å². The van der Waals surface area contributed by atoms with Gasteiger partial charge in [-0.3, -0.25) is 0 Å². The minimum atomic E-state index is 0.176. The predicted octanol–water partition coefficient (Wildman–Crippen LogP) is 0.443. The summed E-state index contributed by atoms with van der Waals surface area (Å²) in [7, 11) is 2.16. The smallest absolute Gasteiger partial charge is 0.0500 e. The lowest BCUT2D eigenvalue weighted by molar-refractivity contribution is 0.0526. The first-order valence-corrected chi connectivity index (χ1v) is 5.77. The molecule has 1 saturated heterocycles. The molecule has 0 radical (unpaired) electrons. The number of nitrogens with zero attached hydrogens (tertiary/aromatic N) is 1. The van der Waals surface area contributed by atoms with E-state index >= 15 is 0 Å². The van der Waals surface area contributed by atoms with Gasteiger partial charge in [0, 0.05) is 18.0 Å².